The van der Waals surface area contributed by atoms with Gasteiger partial charge in [0.05, 0.1) is 10.7 Å². The summed E-state index contributed by atoms with van der Waals surface area (Å²) in [5.74, 6) is 0.944. The van der Waals surface area contributed by atoms with Crippen molar-refractivity contribution in [2.45, 2.75) is 20.4 Å². The summed E-state index contributed by atoms with van der Waals surface area (Å²) in [5, 5.41) is 0.642. The Labute approximate surface area is 89.9 Å². The molecule has 1 heterocycles. The van der Waals surface area contributed by atoms with Crippen LogP contribution in [-0.2, 0) is 6.54 Å². The van der Waals surface area contributed by atoms with Crippen molar-refractivity contribution in [3.8, 4) is 0 Å². The Morgan fingerprint density at radius 3 is 2.50 bits per heavy atom. The Bertz CT molecular complexity index is 297. The number of anilines is 1. The van der Waals surface area contributed by atoms with Gasteiger partial charge in [0.25, 0.3) is 0 Å². The van der Waals surface area contributed by atoms with Crippen molar-refractivity contribution >= 4 is 17.4 Å². The van der Waals surface area contributed by atoms with Gasteiger partial charge in [0.15, 0.2) is 0 Å². The SMILES string of the molecule is CCN(CC)c1ccc(Cl)c(CN)n1. The molecule has 0 spiro atoms. The molecule has 0 unspecified atom stereocenters. The van der Waals surface area contributed by atoms with Crippen LogP contribution in [0.4, 0.5) is 5.82 Å². The highest BCUT2D eigenvalue weighted by molar-refractivity contribution is 6.31. The van der Waals surface area contributed by atoms with Crippen LogP contribution in [0.15, 0.2) is 12.1 Å². The molecular weight excluding hydrogens is 198 g/mol. The third kappa shape index (κ3) is 2.36. The van der Waals surface area contributed by atoms with Gasteiger partial charge in [-0.05, 0) is 26.0 Å². The van der Waals surface area contributed by atoms with Gasteiger partial charge in [-0.15, -0.1) is 0 Å². The van der Waals surface area contributed by atoms with Gasteiger partial charge in [0.1, 0.15) is 5.82 Å². The van der Waals surface area contributed by atoms with Gasteiger partial charge in [-0.25, -0.2) is 4.98 Å². The minimum absolute atomic E-state index is 0.383. The highest BCUT2D eigenvalue weighted by atomic mass is 35.5. The van der Waals surface area contributed by atoms with Gasteiger partial charge in [-0.1, -0.05) is 11.6 Å². The maximum atomic E-state index is 5.93. The van der Waals surface area contributed by atoms with Gasteiger partial charge >= 0.3 is 0 Å². The Morgan fingerprint density at radius 1 is 1.36 bits per heavy atom. The summed E-state index contributed by atoms with van der Waals surface area (Å²) in [6.07, 6.45) is 0. The van der Waals surface area contributed by atoms with Crippen LogP contribution in [-0.4, -0.2) is 18.1 Å². The number of aromatic nitrogens is 1. The fraction of sp³-hybridized carbons (Fsp3) is 0.500. The molecule has 3 nitrogen and oxygen atoms in total. The van der Waals surface area contributed by atoms with E-state index >= 15 is 0 Å². The van der Waals surface area contributed by atoms with E-state index in [2.05, 4.69) is 23.7 Å². The number of nitrogens with two attached hydrogens (primary N) is 1. The first-order chi connectivity index (χ1) is 6.72. The molecule has 0 fully saturated rings. The first-order valence-electron chi connectivity index (χ1n) is 4.83. The first kappa shape index (κ1) is 11.3. The van der Waals surface area contributed by atoms with Crippen molar-refractivity contribution < 1.29 is 0 Å². The Hall–Kier alpha value is -0.800. The summed E-state index contributed by atoms with van der Waals surface area (Å²) in [5.41, 5.74) is 6.30. The highest BCUT2D eigenvalue weighted by Crippen LogP contribution is 2.18. The second-order valence-corrected chi connectivity index (χ2v) is 3.38. The fourth-order valence-corrected chi connectivity index (χ4v) is 1.52. The minimum atomic E-state index is 0.383. The molecule has 0 amide bonds. The van der Waals surface area contributed by atoms with E-state index in [1.807, 2.05) is 12.1 Å². The lowest BCUT2D eigenvalue weighted by atomic mass is 10.3. The molecule has 0 aliphatic rings. The van der Waals surface area contributed by atoms with E-state index in [0.29, 0.717) is 11.6 Å². The van der Waals surface area contributed by atoms with Crippen molar-refractivity contribution in [1.29, 1.82) is 0 Å². The van der Waals surface area contributed by atoms with Crippen LogP contribution in [0.5, 0.6) is 0 Å². The molecule has 0 bridgehead atoms. The van der Waals surface area contributed by atoms with Crippen molar-refractivity contribution in [3.63, 3.8) is 0 Å². The van der Waals surface area contributed by atoms with E-state index in [4.69, 9.17) is 17.3 Å². The normalized spacial score (nSPS) is 10.3. The summed E-state index contributed by atoms with van der Waals surface area (Å²) in [6.45, 7) is 6.46. The summed E-state index contributed by atoms with van der Waals surface area (Å²) in [7, 11) is 0. The van der Waals surface area contributed by atoms with Crippen LogP contribution in [0.3, 0.4) is 0 Å². The number of hydrogen-bond acceptors (Lipinski definition) is 3. The van der Waals surface area contributed by atoms with Gasteiger partial charge in [0, 0.05) is 19.6 Å². The summed E-state index contributed by atoms with van der Waals surface area (Å²) in [6, 6.07) is 3.78. The van der Waals surface area contributed by atoms with Crippen LogP contribution in [0.2, 0.25) is 5.02 Å². The predicted molar refractivity (Wildman–Crippen MR) is 60.7 cm³/mol. The zero-order valence-electron chi connectivity index (χ0n) is 8.63. The number of rotatable bonds is 4. The molecule has 0 aromatic carbocycles. The average molecular weight is 214 g/mol. The third-order valence-electron chi connectivity index (χ3n) is 2.18. The van der Waals surface area contributed by atoms with E-state index in [0.717, 1.165) is 24.6 Å². The van der Waals surface area contributed by atoms with Crippen LogP contribution < -0.4 is 10.6 Å². The minimum Gasteiger partial charge on any atom is -0.357 e. The quantitative estimate of drug-likeness (QED) is 0.833. The number of halogens is 1. The molecule has 0 aliphatic carbocycles. The van der Waals surface area contributed by atoms with E-state index < -0.39 is 0 Å². The van der Waals surface area contributed by atoms with Gasteiger partial charge in [-0.2, -0.15) is 0 Å². The maximum absolute atomic E-state index is 5.93. The lowest BCUT2D eigenvalue weighted by Gasteiger charge is -2.20. The van der Waals surface area contributed by atoms with Crippen molar-refractivity contribution in [2.24, 2.45) is 5.73 Å². The second-order valence-electron chi connectivity index (χ2n) is 2.97. The third-order valence-corrected chi connectivity index (χ3v) is 2.53. The summed E-state index contributed by atoms with van der Waals surface area (Å²) < 4.78 is 0. The molecule has 78 valence electrons. The van der Waals surface area contributed by atoms with E-state index in [9.17, 15) is 0 Å². The fourth-order valence-electron chi connectivity index (χ4n) is 1.34. The standard InChI is InChI=1S/C10H16ClN3/c1-3-14(4-2)10-6-5-8(11)9(7-12)13-10/h5-6H,3-4,7,12H2,1-2H3. The molecule has 1 aromatic rings. The summed E-state index contributed by atoms with van der Waals surface area (Å²) >= 11 is 5.93. The van der Waals surface area contributed by atoms with Crippen molar-refractivity contribution in [2.75, 3.05) is 18.0 Å². The number of pyridine rings is 1. The van der Waals surface area contributed by atoms with Crippen molar-refractivity contribution in [1.82, 2.24) is 4.98 Å². The average Bonchev–Trinajstić information content (AvgIpc) is 2.22. The molecule has 0 saturated heterocycles. The van der Waals surface area contributed by atoms with Gasteiger partial charge in [-0.3, -0.25) is 0 Å². The lowest BCUT2D eigenvalue weighted by Crippen LogP contribution is -2.23. The topological polar surface area (TPSA) is 42.1 Å². The molecule has 14 heavy (non-hydrogen) atoms. The van der Waals surface area contributed by atoms with Gasteiger partial charge < -0.3 is 10.6 Å². The zero-order chi connectivity index (χ0) is 10.6. The molecule has 1 rings (SSSR count). The number of nitrogens with zero attached hydrogens (tertiary/aromatic N) is 2. The molecule has 4 heteroatoms. The van der Waals surface area contributed by atoms with Crippen LogP contribution >= 0.6 is 11.6 Å². The lowest BCUT2D eigenvalue weighted by molar-refractivity contribution is 0.835. The number of hydrogen-bond donors (Lipinski definition) is 1. The Kier molecular flexibility index (Phi) is 4.17. The molecule has 0 aliphatic heterocycles. The Morgan fingerprint density at radius 2 is 2.00 bits per heavy atom. The Balaban J connectivity index is 2.98. The monoisotopic (exact) mass is 213 g/mol. The van der Waals surface area contributed by atoms with E-state index in [-0.39, 0.29) is 0 Å². The molecule has 1 aromatic heterocycles. The molecule has 0 atom stereocenters. The van der Waals surface area contributed by atoms with Crippen LogP contribution in [0.25, 0.3) is 0 Å². The largest absolute Gasteiger partial charge is 0.357 e. The van der Waals surface area contributed by atoms with Crippen molar-refractivity contribution in [3.05, 3.63) is 22.8 Å². The maximum Gasteiger partial charge on any atom is 0.128 e. The molecular formula is C10H16ClN3. The zero-order valence-corrected chi connectivity index (χ0v) is 9.38. The van der Waals surface area contributed by atoms with E-state index in [1.165, 1.54) is 0 Å². The first-order valence-corrected chi connectivity index (χ1v) is 5.21. The van der Waals surface area contributed by atoms with Crippen LogP contribution in [0, 0.1) is 0 Å². The highest BCUT2D eigenvalue weighted by Gasteiger charge is 2.06. The smallest absolute Gasteiger partial charge is 0.128 e. The molecule has 0 radical (unpaired) electrons. The molecule has 2 N–H and O–H groups in total. The molecule has 0 saturated carbocycles. The van der Waals surface area contributed by atoms with Crippen LogP contribution in [0.1, 0.15) is 19.5 Å². The predicted octanol–water partition coefficient (Wildman–Crippen LogP) is 2.04. The second kappa shape index (κ2) is 5.17. The van der Waals surface area contributed by atoms with E-state index in [1.54, 1.807) is 0 Å². The van der Waals surface area contributed by atoms with Gasteiger partial charge in [0.2, 0.25) is 0 Å². The summed E-state index contributed by atoms with van der Waals surface area (Å²) in [4.78, 5) is 6.56.